The molecule has 1 atom stereocenters. The van der Waals surface area contributed by atoms with Crippen molar-refractivity contribution >= 4 is 11.8 Å². The zero-order valence-electron chi connectivity index (χ0n) is 9.64. The van der Waals surface area contributed by atoms with Crippen molar-refractivity contribution < 1.29 is 14.7 Å². The Balaban J connectivity index is 2.36. The lowest BCUT2D eigenvalue weighted by Crippen LogP contribution is -2.42. The molecule has 3 N–H and O–H groups in total. The van der Waals surface area contributed by atoms with Crippen molar-refractivity contribution in [2.75, 3.05) is 13.2 Å². The van der Waals surface area contributed by atoms with Crippen molar-refractivity contribution in [3.8, 4) is 0 Å². The van der Waals surface area contributed by atoms with Crippen molar-refractivity contribution in [1.29, 1.82) is 0 Å². The standard InChI is InChI=1S/C12H16N2O3/c1-9(8-15)14-11(16)7-13-12(17)10-5-3-2-4-6-10/h2-6,9,15H,7-8H2,1H3,(H,13,17)(H,14,16). The minimum absolute atomic E-state index is 0.0991. The van der Waals surface area contributed by atoms with Gasteiger partial charge in [0.1, 0.15) is 0 Å². The third kappa shape index (κ3) is 4.65. The van der Waals surface area contributed by atoms with E-state index in [0.29, 0.717) is 5.56 Å². The molecule has 0 aliphatic heterocycles. The summed E-state index contributed by atoms with van der Waals surface area (Å²) in [5.74, 6) is -0.617. The second-order valence-corrected chi connectivity index (χ2v) is 3.70. The van der Waals surface area contributed by atoms with E-state index >= 15 is 0 Å². The van der Waals surface area contributed by atoms with Crippen LogP contribution in [0.4, 0.5) is 0 Å². The van der Waals surface area contributed by atoms with Crippen LogP contribution in [0.1, 0.15) is 17.3 Å². The van der Waals surface area contributed by atoms with Crippen molar-refractivity contribution in [2.45, 2.75) is 13.0 Å². The number of hydrogen-bond donors (Lipinski definition) is 3. The molecule has 1 unspecified atom stereocenters. The number of aliphatic hydroxyl groups excluding tert-OH is 1. The molecule has 0 aliphatic carbocycles. The molecule has 2 amide bonds. The summed E-state index contributed by atoms with van der Waals surface area (Å²) in [5.41, 5.74) is 0.510. The molecule has 17 heavy (non-hydrogen) atoms. The van der Waals surface area contributed by atoms with E-state index < -0.39 is 0 Å². The summed E-state index contributed by atoms with van der Waals surface area (Å²) >= 11 is 0. The molecule has 0 aliphatic rings. The van der Waals surface area contributed by atoms with Gasteiger partial charge in [0.05, 0.1) is 13.2 Å². The van der Waals surface area contributed by atoms with E-state index in [1.807, 2.05) is 6.07 Å². The number of nitrogens with one attached hydrogen (secondary N) is 2. The Morgan fingerprint density at radius 2 is 1.94 bits per heavy atom. The van der Waals surface area contributed by atoms with Crippen LogP contribution in [-0.4, -0.2) is 36.1 Å². The molecule has 0 spiro atoms. The third-order valence-electron chi connectivity index (χ3n) is 2.13. The van der Waals surface area contributed by atoms with E-state index in [0.717, 1.165) is 0 Å². The van der Waals surface area contributed by atoms with E-state index in [4.69, 9.17) is 5.11 Å². The number of carbonyl (C=O) groups excluding carboxylic acids is 2. The Morgan fingerprint density at radius 3 is 2.53 bits per heavy atom. The highest BCUT2D eigenvalue weighted by Crippen LogP contribution is 1.97. The van der Waals surface area contributed by atoms with Crippen LogP contribution in [0.25, 0.3) is 0 Å². The van der Waals surface area contributed by atoms with Crippen molar-refractivity contribution in [3.63, 3.8) is 0 Å². The van der Waals surface area contributed by atoms with Gasteiger partial charge in [0.25, 0.3) is 5.91 Å². The summed E-state index contributed by atoms with van der Waals surface area (Å²) in [6.45, 7) is 1.45. The Kier molecular flexibility index (Phi) is 5.16. The minimum Gasteiger partial charge on any atom is -0.394 e. The van der Waals surface area contributed by atoms with Crippen LogP contribution in [0.5, 0.6) is 0 Å². The first-order valence-corrected chi connectivity index (χ1v) is 5.37. The third-order valence-corrected chi connectivity index (χ3v) is 2.13. The van der Waals surface area contributed by atoms with Crippen molar-refractivity contribution in [2.24, 2.45) is 0 Å². The zero-order chi connectivity index (χ0) is 12.7. The van der Waals surface area contributed by atoms with Gasteiger partial charge < -0.3 is 15.7 Å². The van der Waals surface area contributed by atoms with Crippen molar-refractivity contribution in [3.05, 3.63) is 35.9 Å². The highest BCUT2D eigenvalue weighted by Gasteiger charge is 2.09. The summed E-state index contributed by atoms with van der Waals surface area (Å²) < 4.78 is 0. The minimum atomic E-state index is -0.323. The average Bonchev–Trinajstić information content (AvgIpc) is 2.36. The quantitative estimate of drug-likeness (QED) is 0.668. The molecule has 0 saturated heterocycles. The summed E-state index contributed by atoms with van der Waals surface area (Å²) in [5, 5.41) is 13.8. The van der Waals surface area contributed by atoms with Gasteiger partial charge in [-0.05, 0) is 19.1 Å². The predicted octanol–water partition coefficient (Wildman–Crippen LogP) is -0.0866. The molecule has 1 aromatic rings. The Hall–Kier alpha value is -1.88. The predicted molar refractivity (Wildman–Crippen MR) is 63.5 cm³/mol. The summed E-state index contributed by atoms with van der Waals surface area (Å²) in [4.78, 5) is 22.9. The maximum absolute atomic E-state index is 11.6. The number of amides is 2. The van der Waals surface area contributed by atoms with E-state index in [2.05, 4.69) is 10.6 Å². The van der Waals surface area contributed by atoms with Gasteiger partial charge >= 0.3 is 0 Å². The van der Waals surface area contributed by atoms with Crippen LogP contribution in [0.3, 0.4) is 0 Å². The normalized spacial score (nSPS) is 11.6. The second-order valence-electron chi connectivity index (χ2n) is 3.70. The van der Waals surface area contributed by atoms with Crippen LogP contribution < -0.4 is 10.6 Å². The maximum Gasteiger partial charge on any atom is 0.251 e. The van der Waals surface area contributed by atoms with Gasteiger partial charge in [-0.3, -0.25) is 9.59 Å². The van der Waals surface area contributed by atoms with Crippen LogP contribution in [0.15, 0.2) is 30.3 Å². The monoisotopic (exact) mass is 236 g/mol. The maximum atomic E-state index is 11.6. The molecule has 1 rings (SSSR count). The zero-order valence-corrected chi connectivity index (χ0v) is 9.64. The molecular formula is C12H16N2O3. The fraction of sp³-hybridized carbons (Fsp3) is 0.333. The average molecular weight is 236 g/mol. The van der Waals surface area contributed by atoms with Crippen LogP contribution >= 0.6 is 0 Å². The summed E-state index contributed by atoms with van der Waals surface area (Å²) in [6.07, 6.45) is 0. The molecule has 5 nitrogen and oxygen atoms in total. The number of carbonyl (C=O) groups is 2. The lowest BCUT2D eigenvalue weighted by atomic mass is 10.2. The Bertz CT molecular complexity index is 379. The van der Waals surface area contributed by atoms with E-state index in [-0.39, 0.29) is 31.0 Å². The molecule has 0 heterocycles. The smallest absolute Gasteiger partial charge is 0.251 e. The second kappa shape index (κ2) is 6.65. The topological polar surface area (TPSA) is 78.4 Å². The molecule has 1 aromatic carbocycles. The first-order chi connectivity index (χ1) is 8.13. The molecular weight excluding hydrogens is 220 g/mol. The number of aliphatic hydroxyl groups is 1. The van der Waals surface area contributed by atoms with Gasteiger partial charge in [0.15, 0.2) is 0 Å². The SMILES string of the molecule is CC(CO)NC(=O)CNC(=O)c1ccccc1. The molecule has 0 radical (unpaired) electrons. The summed E-state index contributed by atoms with van der Waals surface area (Å²) in [6, 6.07) is 8.35. The van der Waals surface area contributed by atoms with E-state index in [1.165, 1.54) is 0 Å². The number of rotatable bonds is 5. The molecule has 0 saturated carbocycles. The Morgan fingerprint density at radius 1 is 1.29 bits per heavy atom. The molecule has 0 bridgehead atoms. The lowest BCUT2D eigenvalue weighted by molar-refractivity contribution is -0.121. The van der Waals surface area contributed by atoms with E-state index in [9.17, 15) is 9.59 Å². The molecule has 0 aromatic heterocycles. The van der Waals surface area contributed by atoms with Gasteiger partial charge in [-0.1, -0.05) is 18.2 Å². The first-order valence-electron chi connectivity index (χ1n) is 5.37. The van der Waals surface area contributed by atoms with Crippen molar-refractivity contribution in [1.82, 2.24) is 10.6 Å². The van der Waals surface area contributed by atoms with Gasteiger partial charge in [-0.2, -0.15) is 0 Å². The van der Waals surface area contributed by atoms with Gasteiger partial charge in [-0.25, -0.2) is 0 Å². The molecule has 5 heteroatoms. The van der Waals surface area contributed by atoms with Crippen LogP contribution in [0.2, 0.25) is 0 Å². The number of benzene rings is 1. The molecule has 0 fully saturated rings. The van der Waals surface area contributed by atoms with Crippen LogP contribution in [-0.2, 0) is 4.79 Å². The first kappa shape index (κ1) is 13.2. The van der Waals surface area contributed by atoms with E-state index in [1.54, 1.807) is 31.2 Å². The number of hydrogen-bond acceptors (Lipinski definition) is 3. The summed E-state index contributed by atoms with van der Waals surface area (Å²) in [7, 11) is 0. The molecule has 92 valence electrons. The fourth-order valence-electron chi connectivity index (χ4n) is 1.22. The van der Waals surface area contributed by atoms with Gasteiger partial charge in [0.2, 0.25) is 5.91 Å². The van der Waals surface area contributed by atoms with Gasteiger partial charge in [0, 0.05) is 11.6 Å². The van der Waals surface area contributed by atoms with Gasteiger partial charge in [-0.15, -0.1) is 0 Å². The largest absolute Gasteiger partial charge is 0.394 e. The lowest BCUT2D eigenvalue weighted by Gasteiger charge is -2.11. The fourth-order valence-corrected chi connectivity index (χ4v) is 1.22. The Labute approximate surface area is 99.8 Å². The van der Waals surface area contributed by atoms with Crippen LogP contribution in [0, 0.1) is 0 Å². The highest BCUT2D eigenvalue weighted by molar-refractivity contribution is 5.96. The highest BCUT2D eigenvalue weighted by atomic mass is 16.3.